The first-order valence-corrected chi connectivity index (χ1v) is 8.90. The lowest BCUT2D eigenvalue weighted by Crippen LogP contribution is -2.43. The highest BCUT2D eigenvalue weighted by molar-refractivity contribution is 8.00. The van der Waals surface area contributed by atoms with Gasteiger partial charge in [-0.05, 0) is 37.8 Å². The van der Waals surface area contributed by atoms with Crippen LogP contribution in [0.5, 0.6) is 0 Å². The predicted octanol–water partition coefficient (Wildman–Crippen LogP) is 3.33. The molecule has 3 rings (SSSR count). The molecule has 3 nitrogen and oxygen atoms in total. The maximum atomic E-state index is 12.8. The maximum Gasteiger partial charge on any atom is 0.236 e. The van der Waals surface area contributed by atoms with Gasteiger partial charge < -0.3 is 10.2 Å². The number of thioether (sulfide) groups is 1. The zero-order valence-corrected chi connectivity index (χ0v) is 14.7. The maximum absolute atomic E-state index is 12.8. The molecule has 5 heteroatoms. The van der Waals surface area contributed by atoms with Crippen molar-refractivity contribution in [3.63, 3.8) is 0 Å². The van der Waals surface area contributed by atoms with E-state index in [0.29, 0.717) is 18.0 Å². The fourth-order valence-electron chi connectivity index (χ4n) is 3.32. The van der Waals surface area contributed by atoms with Gasteiger partial charge in [0.1, 0.15) is 0 Å². The Bertz CT molecular complexity index is 485. The molecule has 1 N–H and O–H groups in total. The lowest BCUT2D eigenvalue weighted by Gasteiger charge is -2.28. The first-order chi connectivity index (χ1) is 10.3. The van der Waals surface area contributed by atoms with Gasteiger partial charge in [-0.3, -0.25) is 4.79 Å². The van der Waals surface area contributed by atoms with Gasteiger partial charge in [0.15, 0.2) is 0 Å². The summed E-state index contributed by atoms with van der Waals surface area (Å²) < 4.78 is 0. The van der Waals surface area contributed by atoms with E-state index in [2.05, 4.69) is 29.3 Å². The van der Waals surface area contributed by atoms with Crippen molar-refractivity contribution < 1.29 is 4.79 Å². The van der Waals surface area contributed by atoms with Gasteiger partial charge in [-0.15, -0.1) is 24.2 Å². The van der Waals surface area contributed by atoms with Gasteiger partial charge in [0.2, 0.25) is 5.91 Å². The van der Waals surface area contributed by atoms with Crippen molar-refractivity contribution in [2.45, 2.75) is 54.8 Å². The molecule has 2 fully saturated rings. The summed E-state index contributed by atoms with van der Waals surface area (Å²) in [6.45, 7) is 3.92. The molecule has 22 heavy (non-hydrogen) atoms. The number of rotatable bonds is 4. The van der Waals surface area contributed by atoms with E-state index in [-0.39, 0.29) is 17.7 Å². The van der Waals surface area contributed by atoms with Gasteiger partial charge in [-0.2, -0.15) is 0 Å². The number of halogens is 1. The molecule has 2 heterocycles. The number of nitrogens with one attached hydrogen (secondary N) is 1. The minimum Gasteiger partial charge on any atom is -0.340 e. The van der Waals surface area contributed by atoms with Crippen LogP contribution in [0.1, 0.15) is 32.6 Å². The van der Waals surface area contributed by atoms with Crippen LogP contribution in [0.3, 0.4) is 0 Å². The molecule has 0 aliphatic carbocycles. The summed E-state index contributed by atoms with van der Waals surface area (Å²) in [5.41, 5.74) is 0. The van der Waals surface area contributed by atoms with Crippen molar-refractivity contribution in [2.24, 2.45) is 0 Å². The summed E-state index contributed by atoms with van der Waals surface area (Å²) >= 11 is 1.71. The topological polar surface area (TPSA) is 32.3 Å². The molecule has 3 unspecified atom stereocenters. The van der Waals surface area contributed by atoms with Crippen LogP contribution in [0.25, 0.3) is 0 Å². The molecule has 2 bridgehead atoms. The molecule has 2 aliphatic heterocycles. The molecule has 0 spiro atoms. The Hall–Kier alpha value is -0.710. The average Bonchev–Trinajstić information content (AvgIpc) is 2.84. The van der Waals surface area contributed by atoms with Gasteiger partial charge in [0.25, 0.3) is 0 Å². The number of carbonyl (C=O) groups excluding carboxylic acids is 1. The van der Waals surface area contributed by atoms with Crippen molar-refractivity contribution in [2.75, 3.05) is 13.1 Å². The van der Waals surface area contributed by atoms with Crippen molar-refractivity contribution in [1.29, 1.82) is 0 Å². The zero-order valence-electron chi connectivity index (χ0n) is 13.0. The van der Waals surface area contributed by atoms with Crippen LogP contribution in [-0.4, -0.2) is 41.2 Å². The number of nitrogens with zero attached hydrogens (tertiary/aromatic N) is 1. The zero-order chi connectivity index (χ0) is 14.7. The number of likely N-dealkylation sites (tertiary alicyclic amines) is 1. The molecule has 0 aromatic heterocycles. The monoisotopic (exact) mass is 340 g/mol. The van der Waals surface area contributed by atoms with Crippen LogP contribution >= 0.6 is 24.2 Å². The summed E-state index contributed by atoms with van der Waals surface area (Å²) in [5, 5.41) is 3.69. The van der Waals surface area contributed by atoms with Crippen molar-refractivity contribution >= 4 is 30.1 Å². The smallest absolute Gasteiger partial charge is 0.236 e. The van der Waals surface area contributed by atoms with Crippen LogP contribution < -0.4 is 5.32 Å². The minimum atomic E-state index is 0. The van der Waals surface area contributed by atoms with Crippen molar-refractivity contribution in [1.82, 2.24) is 10.2 Å². The predicted molar refractivity (Wildman–Crippen MR) is 94.8 cm³/mol. The first kappa shape index (κ1) is 17.6. The molecule has 1 amide bonds. The van der Waals surface area contributed by atoms with Crippen LogP contribution in [0.2, 0.25) is 0 Å². The van der Waals surface area contributed by atoms with Gasteiger partial charge >= 0.3 is 0 Å². The number of amides is 1. The first-order valence-electron chi connectivity index (χ1n) is 8.03. The molecule has 0 saturated carbocycles. The summed E-state index contributed by atoms with van der Waals surface area (Å²) in [6, 6.07) is 11.4. The van der Waals surface area contributed by atoms with Crippen LogP contribution in [0.4, 0.5) is 0 Å². The fourth-order valence-corrected chi connectivity index (χ4v) is 4.38. The van der Waals surface area contributed by atoms with Crippen LogP contribution in [0.15, 0.2) is 35.2 Å². The lowest BCUT2D eigenvalue weighted by molar-refractivity contribution is -0.130. The average molecular weight is 341 g/mol. The molecule has 0 radical (unpaired) electrons. The fraction of sp³-hybridized carbons (Fsp3) is 0.588. The number of benzene rings is 1. The Kier molecular flexibility index (Phi) is 6.60. The van der Waals surface area contributed by atoms with E-state index in [4.69, 9.17) is 0 Å². The van der Waals surface area contributed by atoms with E-state index >= 15 is 0 Å². The Morgan fingerprint density at radius 1 is 1.27 bits per heavy atom. The largest absolute Gasteiger partial charge is 0.340 e. The number of carbonyl (C=O) groups is 1. The summed E-state index contributed by atoms with van der Waals surface area (Å²) in [5.74, 6) is 0.320. The standard InChI is InChI=1S/C17H24N2OS.ClH/c1-2-16(21-15-6-4-3-5-7-15)17(20)19-11-10-13-8-9-14(12-19)18-13;/h3-7,13-14,16,18H,2,8-12H2,1H3;1H. The molecule has 2 aliphatic rings. The van der Waals surface area contributed by atoms with E-state index in [1.807, 2.05) is 18.2 Å². The molecule has 1 aromatic carbocycles. The van der Waals surface area contributed by atoms with Gasteiger partial charge in [0.05, 0.1) is 5.25 Å². The van der Waals surface area contributed by atoms with E-state index in [9.17, 15) is 4.79 Å². The Morgan fingerprint density at radius 3 is 2.73 bits per heavy atom. The molecule has 1 aromatic rings. The summed E-state index contributed by atoms with van der Waals surface area (Å²) in [7, 11) is 0. The van der Waals surface area contributed by atoms with Gasteiger partial charge in [-0.25, -0.2) is 0 Å². The van der Waals surface area contributed by atoms with E-state index < -0.39 is 0 Å². The number of hydrogen-bond acceptors (Lipinski definition) is 3. The quantitative estimate of drug-likeness (QED) is 0.853. The SMILES string of the molecule is CCC(Sc1ccccc1)C(=O)N1CCC2CCC(C1)N2.Cl. The highest BCUT2D eigenvalue weighted by atomic mass is 35.5. The summed E-state index contributed by atoms with van der Waals surface area (Å²) in [6.07, 6.45) is 4.49. The van der Waals surface area contributed by atoms with E-state index in [1.54, 1.807) is 11.8 Å². The van der Waals surface area contributed by atoms with Crippen LogP contribution in [0, 0.1) is 0 Å². The highest BCUT2D eigenvalue weighted by Gasteiger charge is 2.33. The second kappa shape index (κ2) is 8.23. The third-order valence-corrected chi connectivity index (χ3v) is 5.87. The van der Waals surface area contributed by atoms with Crippen molar-refractivity contribution in [3.05, 3.63) is 30.3 Å². The molecule has 2 saturated heterocycles. The Labute approximate surface area is 143 Å². The summed E-state index contributed by atoms with van der Waals surface area (Å²) in [4.78, 5) is 16.1. The molecule has 122 valence electrons. The third-order valence-electron chi connectivity index (χ3n) is 4.50. The Balaban J connectivity index is 0.00000176. The number of hydrogen-bond donors (Lipinski definition) is 1. The van der Waals surface area contributed by atoms with Crippen molar-refractivity contribution in [3.8, 4) is 0 Å². The van der Waals surface area contributed by atoms with E-state index in [1.165, 1.54) is 17.7 Å². The van der Waals surface area contributed by atoms with Crippen LogP contribution in [-0.2, 0) is 4.79 Å². The lowest BCUT2D eigenvalue weighted by atomic mass is 10.1. The normalized spacial score (nSPS) is 25.2. The van der Waals surface area contributed by atoms with E-state index in [0.717, 1.165) is 25.9 Å². The van der Waals surface area contributed by atoms with Gasteiger partial charge in [-0.1, -0.05) is 25.1 Å². The Morgan fingerprint density at radius 2 is 2.00 bits per heavy atom. The second-order valence-electron chi connectivity index (χ2n) is 6.04. The molecular weight excluding hydrogens is 316 g/mol. The molecular formula is C17H25ClN2OS. The third kappa shape index (κ3) is 4.18. The molecule has 3 atom stereocenters. The second-order valence-corrected chi connectivity index (χ2v) is 7.31. The number of fused-ring (bicyclic) bond motifs is 2. The minimum absolute atomic E-state index is 0. The van der Waals surface area contributed by atoms with Gasteiger partial charge in [0, 0.05) is 30.1 Å². The highest BCUT2D eigenvalue weighted by Crippen LogP contribution is 2.28.